The molecule has 1 heterocycles. The molecule has 0 atom stereocenters. The van der Waals surface area contributed by atoms with Crippen LogP contribution in [0.2, 0.25) is 0 Å². The standard InChI is InChI=1S/C14H12O3S/c1-17-14(16)11-5-2-4-10(8-11)13(15)9-12-6-3-7-18-12/h2-8H,9H2,1H3. The highest BCUT2D eigenvalue weighted by atomic mass is 32.1. The van der Waals surface area contributed by atoms with Crippen LogP contribution in [0.1, 0.15) is 25.6 Å². The molecule has 4 heteroatoms. The number of carbonyl (C=O) groups is 2. The van der Waals surface area contributed by atoms with Gasteiger partial charge in [0.25, 0.3) is 0 Å². The first-order valence-electron chi connectivity index (χ1n) is 5.44. The number of hydrogen-bond donors (Lipinski definition) is 0. The summed E-state index contributed by atoms with van der Waals surface area (Å²) in [6.45, 7) is 0. The van der Waals surface area contributed by atoms with Crippen LogP contribution in [0.25, 0.3) is 0 Å². The molecular weight excluding hydrogens is 248 g/mol. The van der Waals surface area contributed by atoms with Gasteiger partial charge < -0.3 is 4.74 Å². The third kappa shape index (κ3) is 2.84. The van der Waals surface area contributed by atoms with E-state index in [1.165, 1.54) is 7.11 Å². The summed E-state index contributed by atoms with van der Waals surface area (Å²) in [6.07, 6.45) is 0.363. The van der Waals surface area contributed by atoms with Crippen molar-refractivity contribution in [2.24, 2.45) is 0 Å². The van der Waals surface area contributed by atoms with Crippen molar-refractivity contribution in [3.05, 3.63) is 57.8 Å². The summed E-state index contributed by atoms with van der Waals surface area (Å²) < 4.78 is 4.63. The third-order valence-electron chi connectivity index (χ3n) is 2.52. The zero-order valence-corrected chi connectivity index (χ0v) is 10.7. The van der Waals surface area contributed by atoms with Crippen LogP contribution in [0.3, 0.4) is 0 Å². The summed E-state index contributed by atoms with van der Waals surface area (Å²) in [4.78, 5) is 24.4. The SMILES string of the molecule is COC(=O)c1cccc(C(=O)Cc2cccs2)c1. The van der Waals surface area contributed by atoms with E-state index in [9.17, 15) is 9.59 Å². The average molecular weight is 260 g/mol. The molecule has 18 heavy (non-hydrogen) atoms. The summed E-state index contributed by atoms with van der Waals surface area (Å²) in [5.74, 6) is -0.427. The number of hydrogen-bond acceptors (Lipinski definition) is 4. The van der Waals surface area contributed by atoms with Crippen LogP contribution in [-0.4, -0.2) is 18.9 Å². The highest BCUT2D eigenvalue weighted by Crippen LogP contribution is 2.14. The van der Waals surface area contributed by atoms with Gasteiger partial charge in [0.15, 0.2) is 5.78 Å². The maximum absolute atomic E-state index is 12.0. The molecule has 1 aromatic heterocycles. The summed E-state index contributed by atoms with van der Waals surface area (Å²) in [6, 6.07) is 10.4. The highest BCUT2D eigenvalue weighted by molar-refractivity contribution is 7.10. The molecular formula is C14H12O3S. The smallest absolute Gasteiger partial charge is 0.337 e. The summed E-state index contributed by atoms with van der Waals surface area (Å²) >= 11 is 1.55. The topological polar surface area (TPSA) is 43.4 Å². The van der Waals surface area contributed by atoms with Crippen LogP contribution < -0.4 is 0 Å². The second-order valence-corrected chi connectivity index (χ2v) is 4.78. The molecule has 0 bridgehead atoms. The van der Waals surface area contributed by atoms with Crippen molar-refractivity contribution < 1.29 is 14.3 Å². The first-order valence-corrected chi connectivity index (χ1v) is 6.32. The van der Waals surface area contributed by atoms with Crippen molar-refractivity contribution in [2.75, 3.05) is 7.11 Å². The molecule has 0 amide bonds. The molecule has 0 radical (unpaired) electrons. The number of rotatable bonds is 4. The number of esters is 1. The first-order chi connectivity index (χ1) is 8.70. The Morgan fingerprint density at radius 3 is 2.61 bits per heavy atom. The molecule has 3 nitrogen and oxygen atoms in total. The summed E-state index contributed by atoms with van der Waals surface area (Å²) in [7, 11) is 1.32. The van der Waals surface area contributed by atoms with Gasteiger partial charge in [-0.1, -0.05) is 18.2 Å². The van der Waals surface area contributed by atoms with Crippen LogP contribution in [-0.2, 0) is 11.2 Å². The van der Waals surface area contributed by atoms with Gasteiger partial charge in [0.05, 0.1) is 12.7 Å². The molecule has 2 aromatic rings. The first kappa shape index (κ1) is 12.5. The zero-order chi connectivity index (χ0) is 13.0. The molecule has 0 saturated carbocycles. The summed E-state index contributed by atoms with van der Waals surface area (Å²) in [5.41, 5.74) is 0.931. The van der Waals surface area contributed by atoms with Gasteiger partial charge in [-0.15, -0.1) is 11.3 Å². The number of ether oxygens (including phenoxy) is 1. The van der Waals surface area contributed by atoms with Crippen molar-refractivity contribution in [1.29, 1.82) is 0 Å². The lowest BCUT2D eigenvalue weighted by Crippen LogP contribution is -2.06. The Balaban J connectivity index is 2.18. The largest absolute Gasteiger partial charge is 0.465 e. The van der Waals surface area contributed by atoms with Gasteiger partial charge in [-0.05, 0) is 23.6 Å². The van der Waals surface area contributed by atoms with Crippen molar-refractivity contribution in [3.63, 3.8) is 0 Å². The molecule has 0 fully saturated rings. The maximum Gasteiger partial charge on any atom is 0.337 e. The number of methoxy groups -OCH3 is 1. The van der Waals surface area contributed by atoms with Crippen molar-refractivity contribution in [1.82, 2.24) is 0 Å². The lowest BCUT2D eigenvalue weighted by atomic mass is 10.0. The normalized spacial score (nSPS) is 10.1. The van der Waals surface area contributed by atoms with E-state index < -0.39 is 5.97 Å². The Hall–Kier alpha value is -1.94. The highest BCUT2D eigenvalue weighted by Gasteiger charge is 2.11. The fraction of sp³-hybridized carbons (Fsp3) is 0.143. The van der Waals surface area contributed by atoms with Gasteiger partial charge in [0.1, 0.15) is 0 Å². The van der Waals surface area contributed by atoms with Crippen molar-refractivity contribution >= 4 is 23.1 Å². The Bertz CT molecular complexity index is 558. The minimum absolute atomic E-state index is 0.00297. The van der Waals surface area contributed by atoms with Crippen LogP contribution in [0.5, 0.6) is 0 Å². The second-order valence-electron chi connectivity index (χ2n) is 3.75. The fourth-order valence-electron chi connectivity index (χ4n) is 1.61. The van der Waals surface area contributed by atoms with Gasteiger partial charge in [-0.2, -0.15) is 0 Å². The van der Waals surface area contributed by atoms with Crippen LogP contribution in [0.4, 0.5) is 0 Å². The zero-order valence-electron chi connectivity index (χ0n) is 9.88. The van der Waals surface area contributed by atoms with Crippen LogP contribution >= 0.6 is 11.3 Å². The van der Waals surface area contributed by atoms with E-state index in [2.05, 4.69) is 4.74 Å². The van der Waals surface area contributed by atoms with Gasteiger partial charge in [-0.3, -0.25) is 4.79 Å². The molecule has 0 unspecified atom stereocenters. The van der Waals surface area contributed by atoms with Gasteiger partial charge in [0, 0.05) is 16.9 Å². The van der Waals surface area contributed by atoms with Crippen molar-refractivity contribution in [3.8, 4) is 0 Å². The van der Waals surface area contributed by atoms with E-state index in [4.69, 9.17) is 0 Å². The maximum atomic E-state index is 12.0. The van der Waals surface area contributed by atoms with Gasteiger partial charge >= 0.3 is 5.97 Å². The predicted octanol–water partition coefficient (Wildman–Crippen LogP) is 2.96. The quantitative estimate of drug-likeness (QED) is 0.627. The molecule has 0 N–H and O–H groups in total. The predicted molar refractivity (Wildman–Crippen MR) is 70.1 cm³/mol. The average Bonchev–Trinajstić information content (AvgIpc) is 2.90. The third-order valence-corrected chi connectivity index (χ3v) is 3.40. The van der Waals surface area contributed by atoms with E-state index >= 15 is 0 Å². The Labute approximate surface area is 109 Å². The van der Waals surface area contributed by atoms with Crippen LogP contribution in [0, 0.1) is 0 Å². The number of Topliss-reactive ketones (excluding diaryl/α,β-unsaturated/α-hetero) is 1. The molecule has 0 aliphatic rings. The Morgan fingerprint density at radius 2 is 1.94 bits per heavy atom. The lowest BCUT2D eigenvalue weighted by Gasteiger charge is -2.02. The van der Waals surface area contributed by atoms with E-state index in [0.29, 0.717) is 17.5 Å². The minimum atomic E-state index is -0.430. The summed E-state index contributed by atoms with van der Waals surface area (Å²) in [5, 5.41) is 1.94. The molecule has 1 aromatic carbocycles. The Kier molecular flexibility index (Phi) is 3.89. The molecule has 0 aliphatic heterocycles. The molecule has 0 aliphatic carbocycles. The van der Waals surface area contributed by atoms with Crippen molar-refractivity contribution in [2.45, 2.75) is 6.42 Å². The molecule has 0 spiro atoms. The van der Waals surface area contributed by atoms with E-state index in [-0.39, 0.29) is 5.78 Å². The van der Waals surface area contributed by atoms with E-state index in [1.807, 2.05) is 17.5 Å². The molecule has 2 rings (SSSR count). The van der Waals surface area contributed by atoms with Gasteiger partial charge in [0.2, 0.25) is 0 Å². The monoisotopic (exact) mass is 260 g/mol. The number of benzene rings is 1. The second kappa shape index (κ2) is 5.60. The minimum Gasteiger partial charge on any atom is -0.465 e. The lowest BCUT2D eigenvalue weighted by molar-refractivity contribution is 0.0600. The number of carbonyl (C=O) groups excluding carboxylic acids is 2. The van der Waals surface area contributed by atoms with E-state index in [1.54, 1.807) is 35.6 Å². The molecule has 92 valence electrons. The van der Waals surface area contributed by atoms with Gasteiger partial charge in [-0.25, -0.2) is 4.79 Å². The molecule has 0 saturated heterocycles. The Morgan fingerprint density at radius 1 is 1.17 bits per heavy atom. The number of ketones is 1. The fourth-order valence-corrected chi connectivity index (χ4v) is 2.31. The number of thiophene rings is 1. The van der Waals surface area contributed by atoms with Crippen LogP contribution in [0.15, 0.2) is 41.8 Å². The van der Waals surface area contributed by atoms with E-state index in [0.717, 1.165) is 4.88 Å².